The molecule has 5 heteroatoms. The van der Waals surface area contributed by atoms with Crippen LogP contribution in [0.4, 0.5) is 0 Å². The Morgan fingerprint density at radius 2 is 2.15 bits per heavy atom. The molecule has 0 amide bonds. The molecular formula is C15H21N3O2. The average molecular weight is 275 g/mol. The molecule has 1 aromatic heterocycles. The molecule has 0 saturated heterocycles. The Morgan fingerprint density at radius 3 is 2.80 bits per heavy atom. The zero-order valence-corrected chi connectivity index (χ0v) is 12.2. The molecule has 0 saturated carbocycles. The van der Waals surface area contributed by atoms with Gasteiger partial charge in [0.25, 0.3) is 0 Å². The van der Waals surface area contributed by atoms with Crippen molar-refractivity contribution in [2.75, 3.05) is 7.11 Å². The normalized spacial score (nSPS) is 10.8. The molecule has 0 radical (unpaired) electrons. The van der Waals surface area contributed by atoms with E-state index >= 15 is 0 Å². The highest BCUT2D eigenvalue weighted by atomic mass is 16.5. The summed E-state index contributed by atoms with van der Waals surface area (Å²) in [7, 11) is 1.63. The number of aromatic nitrogens is 2. The summed E-state index contributed by atoms with van der Waals surface area (Å²) in [6, 6.07) is 6.07. The van der Waals surface area contributed by atoms with Crippen LogP contribution in [0, 0.1) is 0 Å². The van der Waals surface area contributed by atoms with Gasteiger partial charge < -0.3 is 19.8 Å². The number of nitrogens with zero attached hydrogens (tertiary/aromatic N) is 2. The number of ether oxygens (including phenoxy) is 2. The van der Waals surface area contributed by atoms with Crippen LogP contribution in [0.15, 0.2) is 30.7 Å². The molecule has 20 heavy (non-hydrogen) atoms. The number of para-hydroxylation sites is 1. The van der Waals surface area contributed by atoms with Gasteiger partial charge in [-0.25, -0.2) is 4.98 Å². The highest BCUT2D eigenvalue weighted by Crippen LogP contribution is 2.31. The molecule has 0 bridgehead atoms. The number of rotatable bonds is 6. The summed E-state index contributed by atoms with van der Waals surface area (Å²) < 4.78 is 13.3. The maximum absolute atomic E-state index is 5.92. The third-order valence-electron chi connectivity index (χ3n) is 3.17. The lowest BCUT2D eigenvalue weighted by Gasteiger charge is -2.16. The molecule has 2 rings (SSSR count). The van der Waals surface area contributed by atoms with E-state index < -0.39 is 0 Å². The van der Waals surface area contributed by atoms with Gasteiger partial charge in [-0.2, -0.15) is 0 Å². The van der Waals surface area contributed by atoms with Crippen molar-refractivity contribution in [1.29, 1.82) is 0 Å². The molecule has 0 fully saturated rings. The van der Waals surface area contributed by atoms with Gasteiger partial charge in [0.15, 0.2) is 11.5 Å². The van der Waals surface area contributed by atoms with E-state index in [1.165, 1.54) is 0 Å². The number of methoxy groups -OCH3 is 1. The molecule has 1 aromatic carbocycles. The third kappa shape index (κ3) is 2.93. The zero-order chi connectivity index (χ0) is 14.5. The smallest absolute Gasteiger partial charge is 0.166 e. The lowest BCUT2D eigenvalue weighted by Crippen LogP contribution is -2.09. The van der Waals surface area contributed by atoms with E-state index in [-0.39, 0.29) is 0 Å². The SMILES string of the molecule is COc1cccc(CN)c1OCc1cncn1C(C)C. The molecule has 2 N–H and O–H groups in total. The molecule has 108 valence electrons. The standard InChI is InChI=1S/C15H21N3O2/c1-11(2)18-10-17-8-13(18)9-20-15-12(7-16)5-4-6-14(15)19-3/h4-6,8,10-11H,7,9,16H2,1-3H3. The van der Waals surface area contributed by atoms with Gasteiger partial charge in [0, 0.05) is 18.2 Å². The van der Waals surface area contributed by atoms with Gasteiger partial charge in [-0.1, -0.05) is 12.1 Å². The minimum Gasteiger partial charge on any atom is -0.493 e. The van der Waals surface area contributed by atoms with Crippen LogP contribution in [-0.4, -0.2) is 16.7 Å². The first-order chi connectivity index (χ1) is 9.67. The summed E-state index contributed by atoms with van der Waals surface area (Å²) in [6.45, 7) is 5.07. The Labute approximate surface area is 119 Å². The second-order valence-corrected chi connectivity index (χ2v) is 4.83. The van der Waals surface area contributed by atoms with E-state index in [2.05, 4.69) is 23.4 Å². The van der Waals surface area contributed by atoms with E-state index in [9.17, 15) is 0 Å². The summed E-state index contributed by atoms with van der Waals surface area (Å²) in [6.07, 6.45) is 3.63. The van der Waals surface area contributed by atoms with Crippen molar-refractivity contribution in [1.82, 2.24) is 9.55 Å². The van der Waals surface area contributed by atoms with Crippen molar-refractivity contribution in [2.24, 2.45) is 5.73 Å². The molecule has 0 aliphatic carbocycles. The minimum atomic E-state index is 0.350. The van der Waals surface area contributed by atoms with Crippen LogP contribution in [0.2, 0.25) is 0 Å². The van der Waals surface area contributed by atoms with E-state index in [0.29, 0.717) is 30.7 Å². The van der Waals surface area contributed by atoms with E-state index in [1.54, 1.807) is 7.11 Å². The number of nitrogens with two attached hydrogens (primary N) is 1. The first kappa shape index (κ1) is 14.4. The van der Waals surface area contributed by atoms with Crippen molar-refractivity contribution >= 4 is 0 Å². The van der Waals surface area contributed by atoms with Crippen LogP contribution in [0.3, 0.4) is 0 Å². The minimum absolute atomic E-state index is 0.350. The van der Waals surface area contributed by atoms with Crippen molar-refractivity contribution in [3.8, 4) is 11.5 Å². The number of hydrogen-bond acceptors (Lipinski definition) is 4. The average Bonchev–Trinajstić information content (AvgIpc) is 2.93. The van der Waals surface area contributed by atoms with Crippen LogP contribution in [-0.2, 0) is 13.2 Å². The Morgan fingerprint density at radius 1 is 1.35 bits per heavy atom. The van der Waals surface area contributed by atoms with Gasteiger partial charge in [0.2, 0.25) is 0 Å². The molecule has 0 spiro atoms. The Hall–Kier alpha value is -2.01. The molecule has 1 heterocycles. The fourth-order valence-corrected chi connectivity index (χ4v) is 2.10. The Balaban J connectivity index is 2.20. The first-order valence-corrected chi connectivity index (χ1v) is 6.66. The molecule has 0 unspecified atom stereocenters. The summed E-state index contributed by atoms with van der Waals surface area (Å²) >= 11 is 0. The number of benzene rings is 1. The van der Waals surface area contributed by atoms with Crippen molar-refractivity contribution in [3.05, 3.63) is 42.0 Å². The Bertz CT molecular complexity index is 542. The lowest BCUT2D eigenvalue weighted by atomic mass is 10.2. The lowest BCUT2D eigenvalue weighted by molar-refractivity contribution is 0.271. The molecule has 0 atom stereocenters. The van der Waals surface area contributed by atoms with Gasteiger partial charge in [-0.15, -0.1) is 0 Å². The van der Waals surface area contributed by atoms with Gasteiger partial charge in [-0.3, -0.25) is 0 Å². The van der Waals surface area contributed by atoms with E-state index in [4.69, 9.17) is 15.2 Å². The van der Waals surface area contributed by atoms with Crippen LogP contribution >= 0.6 is 0 Å². The summed E-state index contributed by atoms with van der Waals surface area (Å²) in [5, 5.41) is 0. The zero-order valence-electron chi connectivity index (χ0n) is 12.2. The monoisotopic (exact) mass is 275 g/mol. The van der Waals surface area contributed by atoms with Gasteiger partial charge in [0.05, 0.1) is 25.3 Å². The fraction of sp³-hybridized carbons (Fsp3) is 0.400. The number of imidazole rings is 1. The largest absolute Gasteiger partial charge is 0.493 e. The molecule has 5 nitrogen and oxygen atoms in total. The van der Waals surface area contributed by atoms with Gasteiger partial charge in [0.1, 0.15) is 6.61 Å². The molecular weight excluding hydrogens is 254 g/mol. The maximum atomic E-state index is 5.92. The Kier molecular flexibility index (Phi) is 4.63. The topological polar surface area (TPSA) is 62.3 Å². The predicted octanol–water partition coefficient (Wildman–Crippen LogP) is 2.51. The fourth-order valence-electron chi connectivity index (χ4n) is 2.10. The van der Waals surface area contributed by atoms with Crippen molar-refractivity contribution in [2.45, 2.75) is 33.0 Å². The van der Waals surface area contributed by atoms with Crippen LogP contribution in [0.1, 0.15) is 31.1 Å². The highest BCUT2D eigenvalue weighted by molar-refractivity contribution is 5.46. The van der Waals surface area contributed by atoms with E-state index in [0.717, 1.165) is 11.3 Å². The van der Waals surface area contributed by atoms with Crippen molar-refractivity contribution < 1.29 is 9.47 Å². The second kappa shape index (κ2) is 6.43. The highest BCUT2D eigenvalue weighted by Gasteiger charge is 2.12. The third-order valence-corrected chi connectivity index (χ3v) is 3.17. The van der Waals surface area contributed by atoms with Gasteiger partial charge in [-0.05, 0) is 19.9 Å². The molecule has 0 aliphatic heterocycles. The van der Waals surface area contributed by atoms with Crippen LogP contribution < -0.4 is 15.2 Å². The first-order valence-electron chi connectivity index (χ1n) is 6.66. The van der Waals surface area contributed by atoms with Gasteiger partial charge >= 0.3 is 0 Å². The number of hydrogen-bond donors (Lipinski definition) is 1. The van der Waals surface area contributed by atoms with E-state index in [1.807, 2.05) is 30.7 Å². The van der Waals surface area contributed by atoms with Crippen LogP contribution in [0.25, 0.3) is 0 Å². The predicted molar refractivity (Wildman–Crippen MR) is 77.8 cm³/mol. The second-order valence-electron chi connectivity index (χ2n) is 4.83. The summed E-state index contributed by atoms with van der Waals surface area (Å²) in [5.74, 6) is 1.40. The molecule has 0 aliphatic rings. The van der Waals surface area contributed by atoms with Crippen LogP contribution in [0.5, 0.6) is 11.5 Å². The maximum Gasteiger partial charge on any atom is 0.166 e. The summed E-state index contributed by atoms with van der Waals surface area (Å²) in [5.41, 5.74) is 7.70. The quantitative estimate of drug-likeness (QED) is 0.880. The van der Waals surface area contributed by atoms with Crippen molar-refractivity contribution in [3.63, 3.8) is 0 Å². The molecule has 2 aromatic rings. The summed E-state index contributed by atoms with van der Waals surface area (Å²) in [4.78, 5) is 4.17.